The van der Waals surface area contributed by atoms with Crippen LogP contribution in [0.3, 0.4) is 0 Å². The lowest BCUT2D eigenvalue weighted by Gasteiger charge is -2.11. The third-order valence-corrected chi connectivity index (χ3v) is 6.00. The molecule has 0 unspecified atom stereocenters. The Morgan fingerprint density at radius 1 is 0.925 bits per heavy atom. The van der Waals surface area contributed by atoms with Crippen LogP contribution in [-0.2, 0) is 0 Å². The number of carbonyl (C=O) groups excluding carboxylic acids is 2. The fourth-order valence-corrected chi connectivity index (χ4v) is 3.98. The maximum Gasteiger partial charge on any atom is 0.323 e. The van der Waals surface area contributed by atoms with Gasteiger partial charge in [0.15, 0.2) is 0 Å². The quantitative estimate of drug-likeness (QED) is 0.233. The molecule has 0 saturated carbocycles. The minimum absolute atomic E-state index is 0.0415. The molecular formula is C29H26FN7O3. The average Bonchev–Trinajstić information content (AvgIpc) is 3.38. The average molecular weight is 540 g/mol. The number of amides is 3. The molecule has 40 heavy (non-hydrogen) atoms. The fourth-order valence-electron chi connectivity index (χ4n) is 3.98. The van der Waals surface area contributed by atoms with E-state index in [2.05, 4.69) is 31.0 Å². The summed E-state index contributed by atoms with van der Waals surface area (Å²) >= 11 is 0. The number of ether oxygens (including phenoxy) is 1. The van der Waals surface area contributed by atoms with Crippen molar-refractivity contribution in [2.45, 2.75) is 19.9 Å². The number of rotatable bonds is 7. The highest BCUT2D eigenvalue weighted by Crippen LogP contribution is 2.31. The number of anilines is 2. The van der Waals surface area contributed by atoms with Crippen LogP contribution in [0.2, 0.25) is 0 Å². The Labute approximate surface area is 229 Å². The van der Waals surface area contributed by atoms with Gasteiger partial charge < -0.3 is 20.7 Å². The van der Waals surface area contributed by atoms with E-state index in [4.69, 9.17) is 4.74 Å². The van der Waals surface area contributed by atoms with Gasteiger partial charge in [-0.2, -0.15) is 5.10 Å². The van der Waals surface area contributed by atoms with Crippen LogP contribution in [0.25, 0.3) is 22.2 Å². The number of nitrogens with zero attached hydrogens (tertiary/aromatic N) is 4. The first kappa shape index (κ1) is 26.3. The van der Waals surface area contributed by atoms with Crippen molar-refractivity contribution < 1.29 is 18.7 Å². The van der Waals surface area contributed by atoms with Gasteiger partial charge in [-0.3, -0.25) is 19.4 Å². The zero-order valence-electron chi connectivity index (χ0n) is 22.0. The number of hydrogen-bond donors (Lipinski definition) is 3. The van der Waals surface area contributed by atoms with E-state index in [0.29, 0.717) is 17.1 Å². The molecule has 3 amide bonds. The third-order valence-electron chi connectivity index (χ3n) is 6.00. The van der Waals surface area contributed by atoms with Crippen molar-refractivity contribution in [1.82, 2.24) is 25.1 Å². The summed E-state index contributed by atoms with van der Waals surface area (Å²) in [5.41, 5.74) is 2.82. The van der Waals surface area contributed by atoms with Gasteiger partial charge in [0.05, 0.1) is 16.9 Å². The van der Waals surface area contributed by atoms with Gasteiger partial charge in [0, 0.05) is 54.8 Å². The number of urea groups is 1. The summed E-state index contributed by atoms with van der Waals surface area (Å²) in [5.74, 6) is -0.579. The number of pyridine rings is 2. The number of carbonyl (C=O) groups is 2. The van der Waals surface area contributed by atoms with Crippen molar-refractivity contribution in [1.29, 1.82) is 0 Å². The Bertz CT molecular complexity index is 1720. The summed E-state index contributed by atoms with van der Waals surface area (Å²) in [6.45, 7) is 3.96. The maximum atomic E-state index is 14.9. The van der Waals surface area contributed by atoms with Crippen LogP contribution in [0.5, 0.6) is 11.5 Å². The molecule has 10 nitrogen and oxygen atoms in total. The highest BCUT2D eigenvalue weighted by atomic mass is 19.1. The highest BCUT2D eigenvalue weighted by Gasteiger charge is 2.17. The Balaban J connectivity index is 1.33. The van der Waals surface area contributed by atoms with E-state index in [1.165, 1.54) is 31.4 Å². The van der Waals surface area contributed by atoms with E-state index in [-0.39, 0.29) is 29.1 Å². The molecule has 0 bridgehead atoms. The molecule has 5 aromatic rings. The van der Waals surface area contributed by atoms with Crippen LogP contribution in [0.15, 0.2) is 79.3 Å². The van der Waals surface area contributed by atoms with E-state index in [1.807, 2.05) is 44.2 Å². The van der Waals surface area contributed by atoms with Gasteiger partial charge in [-0.1, -0.05) is 12.1 Å². The smallest absolute Gasteiger partial charge is 0.323 e. The predicted molar refractivity (Wildman–Crippen MR) is 150 cm³/mol. The zero-order valence-corrected chi connectivity index (χ0v) is 22.0. The van der Waals surface area contributed by atoms with Crippen LogP contribution in [0.4, 0.5) is 20.6 Å². The molecule has 5 rings (SSSR count). The van der Waals surface area contributed by atoms with Crippen molar-refractivity contribution in [3.05, 3.63) is 90.8 Å². The van der Waals surface area contributed by atoms with Crippen LogP contribution in [0, 0.1) is 5.82 Å². The van der Waals surface area contributed by atoms with Crippen molar-refractivity contribution in [3.8, 4) is 22.8 Å². The number of hydrogen-bond acceptors (Lipinski definition) is 6. The number of benzene rings is 2. The molecule has 0 atom stereocenters. The van der Waals surface area contributed by atoms with Crippen molar-refractivity contribution in [2.75, 3.05) is 17.7 Å². The minimum atomic E-state index is -0.701. The maximum absolute atomic E-state index is 14.9. The molecule has 0 radical (unpaired) electrons. The van der Waals surface area contributed by atoms with E-state index in [0.717, 1.165) is 22.5 Å². The van der Waals surface area contributed by atoms with Crippen LogP contribution < -0.4 is 20.7 Å². The fraction of sp³-hybridized carbons (Fsp3) is 0.138. The van der Waals surface area contributed by atoms with E-state index in [9.17, 15) is 14.0 Å². The summed E-state index contributed by atoms with van der Waals surface area (Å²) in [4.78, 5) is 33.0. The number of aromatic nitrogens is 4. The molecule has 0 spiro atoms. The molecule has 0 aliphatic carbocycles. The number of halogens is 1. The topological polar surface area (TPSA) is 123 Å². The Hall–Kier alpha value is -5.32. The van der Waals surface area contributed by atoms with Crippen molar-refractivity contribution >= 4 is 34.2 Å². The molecule has 202 valence electrons. The van der Waals surface area contributed by atoms with E-state index in [1.54, 1.807) is 23.1 Å². The Kier molecular flexibility index (Phi) is 7.36. The summed E-state index contributed by atoms with van der Waals surface area (Å²) in [7, 11) is 1.49. The van der Waals surface area contributed by atoms with Crippen molar-refractivity contribution in [3.63, 3.8) is 0 Å². The largest absolute Gasteiger partial charge is 0.457 e. The Morgan fingerprint density at radius 2 is 1.73 bits per heavy atom. The molecule has 0 aliphatic heterocycles. The number of nitrogens with one attached hydrogen (secondary N) is 3. The molecule has 2 aromatic carbocycles. The summed E-state index contributed by atoms with van der Waals surface area (Å²) < 4.78 is 22.3. The molecule has 0 fully saturated rings. The molecule has 11 heteroatoms. The second kappa shape index (κ2) is 11.2. The van der Waals surface area contributed by atoms with Gasteiger partial charge in [0.2, 0.25) is 0 Å². The van der Waals surface area contributed by atoms with Gasteiger partial charge in [-0.05, 0) is 50.2 Å². The van der Waals surface area contributed by atoms with Gasteiger partial charge >= 0.3 is 6.03 Å². The normalized spacial score (nSPS) is 10.9. The summed E-state index contributed by atoms with van der Waals surface area (Å²) in [6.07, 6.45) is 4.88. The van der Waals surface area contributed by atoms with Gasteiger partial charge in [-0.25, -0.2) is 9.18 Å². The van der Waals surface area contributed by atoms with Gasteiger partial charge in [0.1, 0.15) is 28.7 Å². The van der Waals surface area contributed by atoms with E-state index >= 15 is 0 Å². The minimum Gasteiger partial charge on any atom is -0.457 e. The molecule has 3 aromatic heterocycles. The number of fused-ring (bicyclic) bond motifs is 1. The van der Waals surface area contributed by atoms with E-state index < -0.39 is 11.8 Å². The first-order valence-electron chi connectivity index (χ1n) is 12.5. The van der Waals surface area contributed by atoms with Crippen LogP contribution in [-0.4, -0.2) is 38.7 Å². The first-order chi connectivity index (χ1) is 19.3. The van der Waals surface area contributed by atoms with Gasteiger partial charge in [-0.15, -0.1) is 0 Å². The lowest BCUT2D eigenvalue weighted by molar-refractivity contribution is 0.0957. The summed E-state index contributed by atoms with van der Waals surface area (Å²) in [6, 6.07) is 16.0. The van der Waals surface area contributed by atoms with Crippen LogP contribution >= 0.6 is 0 Å². The lowest BCUT2D eigenvalue weighted by atomic mass is 10.1. The first-order valence-corrected chi connectivity index (χ1v) is 12.5. The Morgan fingerprint density at radius 3 is 2.50 bits per heavy atom. The van der Waals surface area contributed by atoms with Crippen molar-refractivity contribution in [2.24, 2.45) is 0 Å². The zero-order chi connectivity index (χ0) is 28.2. The lowest BCUT2D eigenvalue weighted by Crippen LogP contribution is -2.20. The standard InChI is InChI=1S/C29H26FN7O3/c1-17(2)37-16-26(27(36-37)19-6-8-23-18(13-19)5-4-11-32-23)35-29(39)34-24-9-7-20(14-22(24)30)40-21-10-12-33-25(15-21)28(38)31-3/h4-17H,1-3H3,(H,31,38)(H2,34,35,39). The second-order valence-corrected chi connectivity index (χ2v) is 9.15. The molecule has 3 N–H and O–H groups in total. The molecule has 0 aliphatic rings. The SMILES string of the molecule is CNC(=O)c1cc(Oc2ccc(NC(=O)Nc3cn(C(C)C)nc3-c3ccc4ncccc4c3)c(F)c2)ccn1. The molecular weight excluding hydrogens is 513 g/mol. The third kappa shape index (κ3) is 5.73. The summed E-state index contributed by atoms with van der Waals surface area (Å²) in [5, 5.41) is 13.4. The van der Waals surface area contributed by atoms with Crippen LogP contribution in [0.1, 0.15) is 30.4 Å². The molecule has 3 heterocycles. The van der Waals surface area contributed by atoms with Gasteiger partial charge in [0.25, 0.3) is 5.91 Å². The predicted octanol–water partition coefficient (Wildman–Crippen LogP) is 6.01. The monoisotopic (exact) mass is 539 g/mol. The highest BCUT2D eigenvalue weighted by molar-refractivity contribution is 6.02. The molecule has 0 saturated heterocycles. The second-order valence-electron chi connectivity index (χ2n) is 9.15.